The van der Waals surface area contributed by atoms with Crippen molar-refractivity contribution in [2.45, 2.75) is 0 Å². The van der Waals surface area contributed by atoms with Crippen molar-refractivity contribution in [3.05, 3.63) is 84.7 Å². The molecule has 0 atom stereocenters. The summed E-state index contributed by atoms with van der Waals surface area (Å²) in [5.74, 6) is 0.494. The average Bonchev–Trinajstić information content (AvgIpc) is 2.90. The summed E-state index contributed by atoms with van der Waals surface area (Å²) in [7, 11) is 0. The number of ether oxygens (including phenoxy) is 1. The Morgan fingerprint density at radius 1 is 0.848 bits per heavy atom. The van der Waals surface area contributed by atoms with Gasteiger partial charge in [0.05, 0.1) is 36.2 Å². The van der Waals surface area contributed by atoms with E-state index in [9.17, 15) is 5.26 Å². The molecule has 1 aliphatic rings. The van der Waals surface area contributed by atoms with E-state index in [4.69, 9.17) is 9.72 Å². The molecule has 33 heavy (non-hydrogen) atoms. The van der Waals surface area contributed by atoms with Crippen LogP contribution in [0.1, 0.15) is 5.56 Å². The van der Waals surface area contributed by atoms with Crippen molar-refractivity contribution >= 4 is 17.3 Å². The fourth-order valence-electron chi connectivity index (χ4n) is 3.79. The molecule has 0 saturated carbocycles. The molecule has 4 aromatic rings. The van der Waals surface area contributed by atoms with Crippen LogP contribution in [0.4, 0.5) is 17.3 Å². The number of pyridine rings is 1. The van der Waals surface area contributed by atoms with Crippen molar-refractivity contribution in [2.24, 2.45) is 0 Å². The van der Waals surface area contributed by atoms with Gasteiger partial charge in [-0.25, -0.2) is 9.97 Å². The second-order valence-electron chi connectivity index (χ2n) is 7.66. The van der Waals surface area contributed by atoms with Gasteiger partial charge in [0.1, 0.15) is 0 Å². The monoisotopic (exact) mass is 434 g/mol. The predicted molar refractivity (Wildman–Crippen MR) is 128 cm³/mol. The molecule has 162 valence electrons. The highest BCUT2D eigenvalue weighted by Gasteiger charge is 2.14. The standard InChI is InChI=1S/C26H22N6O/c27-18-19-15-21(17-23(16-19)32-11-13-33-14-12-32)25-8-10-29-26(31-25)30-22-6-4-20(5-7-22)24-3-1-2-9-28-24/h1-10,15-17H,11-14H2,(H,29,30,31). The van der Waals surface area contributed by atoms with Crippen LogP contribution in [0.25, 0.3) is 22.5 Å². The highest BCUT2D eigenvalue weighted by molar-refractivity contribution is 5.70. The third-order valence-corrected chi connectivity index (χ3v) is 5.48. The van der Waals surface area contributed by atoms with Crippen molar-refractivity contribution in [3.8, 4) is 28.6 Å². The Kier molecular flexibility index (Phi) is 5.91. The van der Waals surface area contributed by atoms with Crippen molar-refractivity contribution in [2.75, 3.05) is 36.5 Å². The van der Waals surface area contributed by atoms with Gasteiger partial charge in [0.25, 0.3) is 0 Å². The Bertz CT molecular complexity index is 1280. The smallest absolute Gasteiger partial charge is 0.227 e. The topological polar surface area (TPSA) is 87.0 Å². The molecule has 2 aromatic heterocycles. The van der Waals surface area contributed by atoms with Crippen LogP contribution in [0.15, 0.2) is 79.1 Å². The number of nitrogens with zero attached hydrogens (tertiary/aromatic N) is 5. The fraction of sp³-hybridized carbons (Fsp3) is 0.154. The lowest BCUT2D eigenvalue weighted by Gasteiger charge is -2.29. The zero-order chi connectivity index (χ0) is 22.5. The summed E-state index contributed by atoms with van der Waals surface area (Å²) in [6, 6.07) is 23.8. The quantitative estimate of drug-likeness (QED) is 0.489. The largest absolute Gasteiger partial charge is 0.378 e. The van der Waals surface area contributed by atoms with Crippen LogP contribution in [-0.4, -0.2) is 41.3 Å². The molecule has 3 heterocycles. The Morgan fingerprint density at radius 3 is 2.45 bits per heavy atom. The molecular weight excluding hydrogens is 412 g/mol. The first-order valence-corrected chi connectivity index (χ1v) is 10.8. The highest BCUT2D eigenvalue weighted by Crippen LogP contribution is 2.27. The number of nitrogens with one attached hydrogen (secondary N) is 1. The van der Waals surface area contributed by atoms with Crippen LogP contribution >= 0.6 is 0 Å². The summed E-state index contributed by atoms with van der Waals surface area (Å²) in [5.41, 5.74) is 6.09. The van der Waals surface area contributed by atoms with E-state index in [0.29, 0.717) is 24.7 Å². The Hall–Kier alpha value is -4.28. The molecule has 1 saturated heterocycles. The minimum absolute atomic E-state index is 0.494. The Morgan fingerprint density at radius 2 is 1.70 bits per heavy atom. The van der Waals surface area contributed by atoms with E-state index in [1.807, 2.05) is 60.7 Å². The number of hydrogen-bond donors (Lipinski definition) is 1. The van der Waals surface area contributed by atoms with Crippen LogP contribution in [-0.2, 0) is 4.74 Å². The summed E-state index contributed by atoms with van der Waals surface area (Å²) >= 11 is 0. The number of hydrogen-bond acceptors (Lipinski definition) is 7. The summed E-state index contributed by atoms with van der Waals surface area (Å²) in [4.78, 5) is 15.7. The molecule has 7 heteroatoms. The van der Waals surface area contributed by atoms with E-state index in [1.165, 1.54) is 0 Å². The molecule has 0 bridgehead atoms. The number of morpholine rings is 1. The molecular formula is C26H22N6O. The second-order valence-corrected chi connectivity index (χ2v) is 7.66. The zero-order valence-electron chi connectivity index (χ0n) is 18.0. The van der Waals surface area contributed by atoms with Gasteiger partial charge in [-0.05, 0) is 48.5 Å². The number of anilines is 3. The maximum absolute atomic E-state index is 9.54. The molecule has 0 unspecified atom stereocenters. The van der Waals surface area contributed by atoms with E-state index in [0.717, 1.165) is 47.0 Å². The first-order chi connectivity index (χ1) is 16.3. The molecule has 1 N–H and O–H groups in total. The first kappa shape index (κ1) is 20.6. The van der Waals surface area contributed by atoms with E-state index >= 15 is 0 Å². The predicted octanol–water partition coefficient (Wildman–Crippen LogP) is 4.66. The van der Waals surface area contributed by atoms with Crippen LogP contribution < -0.4 is 10.2 Å². The van der Waals surface area contributed by atoms with Gasteiger partial charge in [-0.15, -0.1) is 0 Å². The van der Waals surface area contributed by atoms with Crippen molar-refractivity contribution in [1.82, 2.24) is 15.0 Å². The van der Waals surface area contributed by atoms with Crippen molar-refractivity contribution in [1.29, 1.82) is 5.26 Å². The molecule has 5 rings (SSSR count). The van der Waals surface area contributed by atoms with Crippen LogP contribution in [0, 0.1) is 11.3 Å². The molecule has 7 nitrogen and oxygen atoms in total. The van der Waals surface area contributed by atoms with Crippen molar-refractivity contribution in [3.63, 3.8) is 0 Å². The van der Waals surface area contributed by atoms with Crippen LogP contribution in [0.5, 0.6) is 0 Å². The van der Waals surface area contributed by atoms with Gasteiger partial charge in [0, 0.05) is 48.0 Å². The fourth-order valence-corrected chi connectivity index (χ4v) is 3.79. The summed E-state index contributed by atoms with van der Waals surface area (Å²) in [6.45, 7) is 2.98. The van der Waals surface area contributed by atoms with E-state index < -0.39 is 0 Å². The average molecular weight is 435 g/mol. The number of benzene rings is 2. The van der Waals surface area contributed by atoms with Gasteiger partial charge >= 0.3 is 0 Å². The van der Waals surface area contributed by atoms with Crippen molar-refractivity contribution < 1.29 is 4.74 Å². The van der Waals surface area contributed by atoms with Gasteiger partial charge in [-0.1, -0.05) is 18.2 Å². The maximum atomic E-state index is 9.54. The third kappa shape index (κ3) is 4.81. The third-order valence-electron chi connectivity index (χ3n) is 5.48. The normalized spacial score (nSPS) is 13.4. The van der Waals surface area contributed by atoms with Gasteiger partial charge in [0.15, 0.2) is 0 Å². The molecule has 1 fully saturated rings. The number of aromatic nitrogens is 3. The summed E-state index contributed by atoms with van der Waals surface area (Å²) in [6.07, 6.45) is 3.51. The SMILES string of the molecule is N#Cc1cc(-c2ccnc(Nc3ccc(-c4ccccn4)cc3)n2)cc(N2CCOCC2)c1. The molecule has 0 radical (unpaired) electrons. The van der Waals surface area contributed by atoms with E-state index in [2.05, 4.69) is 32.3 Å². The van der Waals surface area contributed by atoms with Crippen LogP contribution in [0.2, 0.25) is 0 Å². The summed E-state index contributed by atoms with van der Waals surface area (Å²) < 4.78 is 5.46. The van der Waals surface area contributed by atoms with E-state index in [-0.39, 0.29) is 0 Å². The van der Waals surface area contributed by atoms with Gasteiger partial charge < -0.3 is 15.0 Å². The molecule has 2 aromatic carbocycles. The highest BCUT2D eigenvalue weighted by atomic mass is 16.5. The molecule has 0 amide bonds. The first-order valence-electron chi connectivity index (χ1n) is 10.8. The van der Waals surface area contributed by atoms with Gasteiger partial charge in [-0.2, -0.15) is 5.26 Å². The van der Waals surface area contributed by atoms with Crippen LogP contribution in [0.3, 0.4) is 0 Å². The zero-order valence-corrected chi connectivity index (χ0v) is 18.0. The van der Waals surface area contributed by atoms with E-state index in [1.54, 1.807) is 12.4 Å². The number of nitriles is 1. The molecule has 0 spiro atoms. The number of rotatable bonds is 5. The summed E-state index contributed by atoms with van der Waals surface area (Å²) in [5, 5.41) is 12.8. The van der Waals surface area contributed by atoms with Gasteiger partial charge in [-0.3, -0.25) is 4.98 Å². The Labute approximate surface area is 192 Å². The molecule has 0 aliphatic carbocycles. The minimum Gasteiger partial charge on any atom is -0.378 e. The molecule has 1 aliphatic heterocycles. The lowest BCUT2D eigenvalue weighted by atomic mass is 10.1. The lowest BCUT2D eigenvalue weighted by molar-refractivity contribution is 0.122. The second kappa shape index (κ2) is 9.47. The lowest BCUT2D eigenvalue weighted by Crippen LogP contribution is -2.36. The minimum atomic E-state index is 0.494. The Balaban J connectivity index is 1.39. The maximum Gasteiger partial charge on any atom is 0.227 e. The van der Waals surface area contributed by atoms with Gasteiger partial charge in [0.2, 0.25) is 5.95 Å².